The van der Waals surface area contributed by atoms with Gasteiger partial charge in [0.15, 0.2) is 0 Å². The van der Waals surface area contributed by atoms with Crippen molar-refractivity contribution in [3.8, 4) is 22.3 Å². The molecule has 0 aliphatic rings. The van der Waals surface area contributed by atoms with Gasteiger partial charge in [-0.1, -0.05) is 115 Å². The van der Waals surface area contributed by atoms with Crippen molar-refractivity contribution in [2.24, 2.45) is 0 Å². The Morgan fingerprint density at radius 3 is 2.15 bits per heavy atom. The summed E-state index contributed by atoms with van der Waals surface area (Å²) in [6, 6.07) is 19.8. The molecule has 0 unspecified atom stereocenters. The second-order valence-corrected chi connectivity index (χ2v) is 10.1. The Bertz CT molecular complexity index is 3080. The number of rotatable bonds is 2. The van der Waals surface area contributed by atoms with Gasteiger partial charge in [-0.25, -0.2) is 0 Å². The molecule has 0 bridgehead atoms. The predicted molar refractivity (Wildman–Crippen MR) is 175 cm³/mol. The summed E-state index contributed by atoms with van der Waals surface area (Å²) in [6.45, 7) is 0. The van der Waals surface area contributed by atoms with Crippen molar-refractivity contribution in [3.63, 3.8) is 0 Å². The molecule has 1 heterocycles. The van der Waals surface area contributed by atoms with Gasteiger partial charge in [-0.3, -0.25) is 0 Å². The minimum atomic E-state index is -0.583. The Kier molecular flexibility index (Phi) is 2.98. The van der Waals surface area contributed by atoms with Crippen molar-refractivity contribution < 1.29 is 19.5 Å². The SMILES string of the molecule is [2H]c1c([2H])c([2H])c2c([2H])c3c(c([2H])c([2H])c4c([2H])c([2H])c([2H])c([2H])c43)c(-c3ccc4oc5cc6c(-c7ccccc7)cccc6cc5c4c3)c2c1[2H]. The van der Waals surface area contributed by atoms with Crippen LogP contribution in [0.3, 0.4) is 0 Å². The first kappa shape index (κ1) is 14.3. The van der Waals surface area contributed by atoms with E-state index in [1.165, 1.54) is 0 Å². The summed E-state index contributed by atoms with van der Waals surface area (Å²) in [4.78, 5) is 0. The molecule has 190 valence electrons. The van der Waals surface area contributed by atoms with Crippen LogP contribution in [0.1, 0.15) is 15.1 Å². The van der Waals surface area contributed by atoms with Gasteiger partial charge in [-0.15, -0.1) is 0 Å². The average molecular weight is 532 g/mol. The minimum absolute atomic E-state index is 0.0184. The largest absolute Gasteiger partial charge is 0.456 e. The van der Waals surface area contributed by atoms with Crippen molar-refractivity contribution in [3.05, 3.63) is 145 Å². The van der Waals surface area contributed by atoms with Crippen LogP contribution in [0.25, 0.3) is 87.3 Å². The molecule has 41 heavy (non-hydrogen) atoms. The molecule has 1 heteroatoms. The lowest BCUT2D eigenvalue weighted by Gasteiger charge is -2.14. The van der Waals surface area contributed by atoms with Crippen LogP contribution in [-0.4, -0.2) is 0 Å². The van der Waals surface area contributed by atoms with E-state index in [4.69, 9.17) is 16.8 Å². The molecule has 0 spiro atoms. The van der Waals surface area contributed by atoms with Gasteiger partial charge in [0.2, 0.25) is 0 Å². The first-order valence-electron chi connectivity index (χ1n) is 18.7. The molecule has 0 aliphatic carbocycles. The molecule has 1 nitrogen and oxygen atoms in total. The zero-order valence-electron chi connectivity index (χ0n) is 32.4. The highest BCUT2D eigenvalue weighted by molar-refractivity contribution is 6.21. The van der Waals surface area contributed by atoms with Crippen LogP contribution in [0.15, 0.2) is 150 Å². The second-order valence-electron chi connectivity index (χ2n) is 10.1. The van der Waals surface area contributed by atoms with E-state index in [0.29, 0.717) is 22.1 Å². The third-order valence-electron chi connectivity index (χ3n) is 7.78. The molecule has 0 amide bonds. The zero-order valence-corrected chi connectivity index (χ0v) is 21.4. The van der Waals surface area contributed by atoms with Gasteiger partial charge in [-0.2, -0.15) is 0 Å². The number of fused-ring (bicyclic) bond motifs is 8. The molecule has 9 rings (SSSR count). The molecule has 0 fully saturated rings. The quantitative estimate of drug-likeness (QED) is 0.160. The smallest absolute Gasteiger partial charge is 0.136 e. The Morgan fingerprint density at radius 2 is 1.24 bits per heavy atom. The third-order valence-corrected chi connectivity index (χ3v) is 7.78. The molecule has 1 aromatic heterocycles. The van der Waals surface area contributed by atoms with Crippen LogP contribution in [0, 0.1) is 0 Å². The maximum absolute atomic E-state index is 9.35. The Balaban J connectivity index is 1.46. The van der Waals surface area contributed by atoms with Gasteiger partial charge in [0, 0.05) is 10.8 Å². The summed E-state index contributed by atoms with van der Waals surface area (Å²) in [7, 11) is 0. The summed E-state index contributed by atoms with van der Waals surface area (Å²) in [6.07, 6.45) is 0. The van der Waals surface area contributed by atoms with E-state index in [9.17, 15) is 2.74 Å². The van der Waals surface area contributed by atoms with Gasteiger partial charge < -0.3 is 4.42 Å². The number of benzene rings is 8. The molecule has 0 saturated carbocycles. The molecule has 0 saturated heterocycles. The maximum atomic E-state index is 9.35. The Hall–Kier alpha value is -5.40. The highest BCUT2D eigenvalue weighted by Crippen LogP contribution is 2.42. The summed E-state index contributed by atoms with van der Waals surface area (Å²) in [5, 5.41) is 2.77. The molecule has 8 aromatic carbocycles. The Labute approximate surface area is 252 Å². The molecule has 0 N–H and O–H groups in total. The number of hydrogen-bond donors (Lipinski definition) is 0. The van der Waals surface area contributed by atoms with Gasteiger partial charge in [0.1, 0.15) is 11.2 Å². The van der Waals surface area contributed by atoms with E-state index in [1.54, 1.807) is 18.2 Å². The molecule has 0 atom stereocenters. The molecule has 0 aliphatic heterocycles. The second kappa shape index (κ2) is 8.55. The van der Waals surface area contributed by atoms with Crippen LogP contribution in [0.2, 0.25) is 0 Å². The number of hydrogen-bond acceptors (Lipinski definition) is 1. The third kappa shape index (κ3) is 3.36. The monoisotopic (exact) mass is 531 g/mol. The highest BCUT2D eigenvalue weighted by Gasteiger charge is 2.16. The van der Waals surface area contributed by atoms with Gasteiger partial charge >= 0.3 is 0 Å². The maximum Gasteiger partial charge on any atom is 0.136 e. The molecule has 9 aromatic rings. The normalized spacial score (nSPS) is 15.7. The van der Waals surface area contributed by atoms with Crippen molar-refractivity contribution in [2.45, 2.75) is 0 Å². The molecular weight excluding hydrogens is 496 g/mol. The Morgan fingerprint density at radius 1 is 0.439 bits per heavy atom. The number of furan rings is 1. The standard InChI is InChI=1S/C40H24O/c1-2-9-25(10-3-1)30-16-8-13-28-22-37-36-23-29(18-20-38(36)41-39(37)24-34(28)30)40-32-15-7-5-12-27(32)21-35-31-14-6-4-11-26(31)17-19-33(35)40/h1-24H/i4D,5D,6D,7D,11D,12D,14D,15D,17D,19D,21D. The summed E-state index contributed by atoms with van der Waals surface area (Å²) in [5.41, 5.74) is 3.85. The van der Waals surface area contributed by atoms with Crippen LogP contribution in [0.5, 0.6) is 0 Å². The van der Waals surface area contributed by atoms with E-state index in [1.807, 2.05) is 54.6 Å². The fourth-order valence-electron chi connectivity index (χ4n) is 5.92. The van der Waals surface area contributed by atoms with Crippen LogP contribution >= 0.6 is 0 Å². The van der Waals surface area contributed by atoms with Gasteiger partial charge in [-0.05, 0) is 95.7 Å². The van der Waals surface area contributed by atoms with Crippen molar-refractivity contribution in [1.82, 2.24) is 0 Å². The highest BCUT2D eigenvalue weighted by atomic mass is 16.3. The molecular formula is C40H24O. The van der Waals surface area contributed by atoms with E-state index in [2.05, 4.69) is 6.07 Å². The fourth-order valence-corrected chi connectivity index (χ4v) is 5.92. The lowest BCUT2D eigenvalue weighted by Crippen LogP contribution is -1.87. The van der Waals surface area contributed by atoms with Crippen molar-refractivity contribution in [1.29, 1.82) is 0 Å². The summed E-state index contributed by atoms with van der Waals surface area (Å²) in [5.74, 6) is 0. The van der Waals surface area contributed by atoms with E-state index in [0.717, 1.165) is 27.3 Å². The fraction of sp³-hybridized carbons (Fsp3) is 0. The van der Waals surface area contributed by atoms with Crippen molar-refractivity contribution >= 4 is 65.0 Å². The average Bonchev–Trinajstić information content (AvgIpc) is 3.51. The predicted octanol–water partition coefficient (Wildman–Crippen LogP) is 11.5. The topological polar surface area (TPSA) is 13.1 Å². The lowest BCUT2D eigenvalue weighted by molar-refractivity contribution is 0.669. The first-order valence-corrected chi connectivity index (χ1v) is 13.2. The lowest BCUT2D eigenvalue weighted by atomic mass is 9.89. The molecule has 0 radical (unpaired) electrons. The van der Waals surface area contributed by atoms with Gasteiger partial charge in [0.25, 0.3) is 0 Å². The minimum Gasteiger partial charge on any atom is -0.456 e. The van der Waals surface area contributed by atoms with Crippen LogP contribution in [0.4, 0.5) is 0 Å². The van der Waals surface area contributed by atoms with E-state index in [-0.39, 0.29) is 37.9 Å². The first-order chi connectivity index (χ1) is 24.9. The van der Waals surface area contributed by atoms with Crippen molar-refractivity contribution in [2.75, 3.05) is 0 Å². The summed E-state index contributed by atoms with van der Waals surface area (Å²) >= 11 is 0. The van der Waals surface area contributed by atoms with E-state index >= 15 is 0 Å². The van der Waals surface area contributed by atoms with E-state index < -0.39 is 66.5 Å². The van der Waals surface area contributed by atoms with Crippen LogP contribution < -0.4 is 0 Å². The van der Waals surface area contributed by atoms with Gasteiger partial charge in [0.05, 0.1) is 15.1 Å². The zero-order chi connectivity index (χ0) is 36.5. The summed E-state index contributed by atoms with van der Waals surface area (Å²) < 4.78 is 103. The van der Waals surface area contributed by atoms with Crippen LogP contribution in [-0.2, 0) is 0 Å².